The summed E-state index contributed by atoms with van der Waals surface area (Å²) in [6, 6.07) is 0.115. The number of hydrogen-bond acceptors (Lipinski definition) is 6. The third kappa shape index (κ3) is 5.61. The van der Waals surface area contributed by atoms with E-state index in [1.54, 1.807) is 28.3 Å². The van der Waals surface area contributed by atoms with Crippen molar-refractivity contribution in [2.24, 2.45) is 11.3 Å². The zero-order valence-electron chi connectivity index (χ0n) is 22.5. The van der Waals surface area contributed by atoms with Crippen LogP contribution >= 0.6 is 15.9 Å². The lowest BCUT2D eigenvalue weighted by Crippen LogP contribution is -2.68. The number of nitrogens with two attached hydrogens (primary N) is 1. The summed E-state index contributed by atoms with van der Waals surface area (Å²) in [6.07, 6.45) is 9.90. The van der Waals surface area contributed by atoms with Crippen LogP contribution in [0.3, 0.4) is 0 Å². The largest absolute Gasteiger partial charge is 0.396 e. The lowest BCUT2D eigenvalue weighted by atomic mass is 9.74. The summed E-state index contributed by atoms with van der Waals surface area (Å²) in [5, 5.41) is 11.3. The second kappa shape index (κ2) is 11.3. The Hall–Kier alpha value is -3.35. The Balaban J connectivity index is 1.34. The Morgan fingerprint density at radius 1 is 1.27 bits per heavy atom. The number of hydrogen-bond donors (Lipinski definition) is 3. The van der Waals surface area contributed by atoms with Crippen molar-refractivity contribution in [3.8, 4) is 11.3 Å². The molecular formula is C27H33BrF2N8O2. The van der Waals surface area contributed by atoms with Gasteiger partial charge in [0.25, 0.3) is 0 Å². The molecule has 4 N–H and O–H groups in total. The molecule has 2 aromatic heterocycles. The lowest BCUT2D eigenvalue weighted by Gasteiger charge is -2.55. The van der Waals surface area contributed by atoms with Gasteiger partial charge in [0.15, 0.2) is 5.82 Å². The Bertz CT molecular complexity index is 1390. The van der Waals surface area contributed by atoms with Gasteiger partial charge in [0, 0.05) is 41.8 Å². The van der Waals surface area contributed by atoms with Crippen molar-refractivity contribution in [3.05, 3.63) is 46.6 Å². The number of carbonyl (C=O) groups is 2. The number of imidazole rings is 1. The van der Waals surface area contributed by atoms with E-state index < -0.39 is 17.7 Å². The summed E-state index contributed by atoms with van der Waals surface area (Å²) in [5.74, 6) is -2.04. The fraction of sp³-hybridized carbons (Fsp3) is 0.519. The number of amides is 2. The van der Waals surface area contributed by atoms with Gasteiger partial charge in [-0.1, -0.05) is 38.3 Å². The van der Waals surface area contributed by atoms with Crippen molar-refractivity contribution < 1.29 is 18.4 Å². The van der Waals surface area contributed by atoms with Crippen LogP contribution in [-0.2, 0) is 22.6 Å². The normalized spacial score (nSPS) is 19.7. The number of carbonyl (C=O) groups excluding carboxylic acids is 2. The summed E-state index contributed by atoms with van der Waals surface area (Å²) in [5.41, 5.74) is 6.47. The second-order valence-electron chi connectivity index (χ2n) is 11.4. The quantitative estimate of drug-likeness (QED) is 0.259. The predicted octanol–water partition coefficient (Wildman–Crippen LogP) is 3.84. The van der Waals surface area contributed by atoms with E-state index >= 15 is 0 Å². The number of nitrogens with one attached hydrogen (secondary N) is 2. The molecule has 0 spiro atoms. The van der Waals surface area contributed by atoms with Crippen LogP contribution in [0.5, 0.6) is 0 Å². The number of halogens is 3. The average molecular weight is 620 g/mol. The van der Waals surface area contributed by atoms with Crippen LogP contribution in [-0.4, -0.2) is 60.3 Å². The molecular weight excluding hydrogens is 586 g/mol. The number of rotatable bonds is 8. The van der Waals surface area contributed by atoms with Gasteiger partial charge < -0.3 is 20.9 Å². The zero-order valence-corrected chi connectivity index (χ0v) is 24.0. The van der Waals surface area contributed by atoms with E-state index in [1.165, 1.54) is 0 Å². The summed E-state index contributed by atoms with van der Waals surface area (Å²) < 4.78 is 29.7. The minimum atomic E-state index is -0.903. The minimum absolute atomic E-state index is 0.0799. The number of nitrogens with zero attached hydrogens (tertiary/aromatic N) is 5. The van der Waals surface area contributed by atoms with Gasteiger partial charge in [-0.3, -0.25) is 9.59 Å². The third-order valence-corrected chi connectivity index (χ3v) is 8.81. The van der Waals surface area contributed by atoms with E-state index in [0.29, 0.717) is 19.5 Å². The van der Waals surface area contributed by atoms with Crippen molar-refractivity contribution in [2.45, 2.75) is 71.0 Å². The Morgan fingerprint density at radius 2 is 2.02 bits per heavy atom. The van der Waals surface area contributed by atoms with Crippen LogP contribution in [0.1, 0.15) is 51.6 Å². The van der Waals surface area contributed by atoms with Crippen LogP contribution in [0.2, 0.25) is 0 Å². The molecule has 2 fully saturated rings. The molecule has 3 heterocycles. The molecule has 1 saturated carbocycles. The van der Waals surface area contributed by atoms with Gasteiger partial charge in [-0.25, -0.2) is 18.4 Å². The topological polar surface area (TPSA) is 135 Å². The maximum Gasteiger partial charge on any atom is 0.245 e. The summed E-state index contributed by atoms with van der Waals surface area (Å²) in [4.78, 5) is 35.8. The molecule has 1 aliphatic heterocycles. The van der Waals surface area contributed by atoms with E-state index in [9.17, 15) is 18.4 Å². The van der Waals surface area contributed by atoms with Crippen molar-refractivity contribution in [2.75, 3.05) is 12.3 Å². The van der Waals surface area contributed by atoms with Gasteiger partial charge >= 0.3 is 0 Å². The van der Waals surface area contributed by atoms with E-state index in [4.69, 9.17) is 5.73 Å². The second-order valence-corrected chi connectivity index (χ2v) is 12.2. The first-order chi connectivity index (χ1) is 19.0. The van der Waals surface area contributed by atoms with Crippen molar-refractivity contribution in [3.63, 3.8) is 0 Å². The van der Waals surface area contributed by atoms with E-state index in [2.05, 4.69) is 55.4 Å². The zero-order chi connectivity index (χ0) is 28.6. The fourth-order valence-corrected chi connectivity index (χ4v) is 6.05. The van der Waals surface area contributed by atoms with Crippen molar-refractivity contribution in [1.82, 2.24) is 35.2 Å². The van der Waals surface area contributed by atoms with Crippen molar-refractivity contribution in [1.29, 1.82) is 0 Å². The number of nitrogen functional groups attached to an aromatic ring is 1. The van der Waals surface area contributed by atoms with Crippen molar-refractivity contribution >= 4 is 33.4 Å². The molecule has 2 amide bonds. The standard InChI is InChI=1S/C27H33BrF2N8O2/c1-27(2)13-38(21(27)12-37-11-20(35-36-37)17-9-18(29)22(28)23(30)24(17)31)26(40)19(8-16-10-32-14-33-16)34-25(39)15-6-4-3-5-7-15/h9-11,14-15,19,21H,3-8,12-13,31H2,1-2H3,(H,32,33)(H,34,39)/t19-,21?/m0/s1. The van der Waals surface area contributed by atoms with E-state index in [1.807, 2.05) is 0 Å². The molecule has 214 valence electrons. The van der Waals surface area contributed by atoms with Crippen LogP contribution in [0, 0.1) is 23.0 Å². The molecule has 10 nitrogen and oxygen atoms in total. The molecule has 1 aliphatic carbocycles. The predicted molar refractivity (Wildman–Crippen MR) is 148 cm³/mol. The highest BCUT2D eigenvalue weighted by molar-refractivity contribution is 9.10. The monoisotopic (exact) mass is 618 g/mol. The number of anilines is 1. The van der Waals surface area contributed by atoms with Crippen LogP contribution in [0.25, 0.3) is 11.3 Å². The van der Waals surface area contributed by atoms with Crippen LogP contribution in [0.15, 0.2) is 29.3 Å². The molecule has 13 heteroatoms. The molecule has 2 atom stereocenters. The Morgan fingerprint density at radius 3 is 2.70 bits per heavy atom. The molecule has 5 rings (SSSR count). The number of likely N-dealkylation sites (tertiary alicyclic amines) is 1. The average Bonchev–Trinajstić information content (AvgIpc) is 3.63. The number of aromatic amines is 1. The Kier molecular flexibility index (Phi) is 7.94. The van der Waals surface area contributed by atoms with Gasteiger partial charge in [-0.05, 0) is 34.8 Å². The molecule has 40 heavy (non-hydrogen) atoms. The van der Waals surface area contributed by atoms with E-state index in [0.717, 1.165) is 43.9 Å². The number of aromatic nitrogens is 5. The molecule has 1 aromatic carbocycles. The maximum absolute atomic E-state index is 14.3. The summed E-state index contributed by atoms with van der Waals surface area (Å²) >= 11 is 2.85. The minimum Gasteiger partial charge on any atom is -0.396 e. The molecule has 1 unspecified atom stereocenters. The first-order valence-electron chi connectivity index (χ1n) is 13.5. The highest BCUT2D eigenvalue weighted by Crippen LogP contribution is 2.39. The van der Waals surface area contributed by atoms with Gasteiger partial charge in [-0.2, -0.15) is 0 Å². The van der Waals surface area contributed by atoms with Gasteiger partial charge in [-0.15, -0.1) is 5.10 Å². The number of H-pyrrole nitrogens is 1. The van der Waals surface area contributed by atoms with Gasteiger partial charge in [0.2, 0.25) is 11.8 Å². The van der Waals surface area contributed by atoms with E-state index in [-0.39, 0.29) is 50.6 Å². The highest BCUT2D eigenvalue weighted by Gasteiger charge is 2.50. The third-order valence-electron chi connectivity index (χ3n) is 8.08. The smallest absolute Gasteiger partial charge is 0.245 e. The van der Waals surface area contributed by atoms with Gasteiger partial charge in [0.1, 0.15) is 17.6 Å². The summed E-state index contributed by atoms with van der Waals surface area (Å²) in [7, 11) is 0. The molecule has 2 aliphatic rings. The maximum atomic E-state index is 14.3. The molecule has 3 aromatic rings. The first-order valence-corrected chi connectivity index (χ1v) is 14.3. The van der Waals surface area contributed by atoms with Gasteiger partial charge in [0.05, 0.1) is 35.3 Å². The first kappa shape index (κ1) is 28.2. The van der Waals surface area contributed by atoms with Crippen LogP contribution in [0.4, 0.5) is 14.5 Å². The fourth-order valence-electron chi connectivity index (χ4n) is 5.72. The highest BCUT2D eigenvalue weighted by atomic mass is 79.9. The molecule has 1 saturated heterocycles. The Labute approximate surface area is 239 Å². The lowest BCUT2D eigenvalue weighted by molar-refractivity contribution is -0.156. The molecule has 0 bridgehead atoms. The SMILES string of the molecule is CC1(C)CN(C(=O)[C@H](Cc2cnc[nH]2)NC(=O)C2CCCCC2)C1Cn1cc(-c2cc(F)c(Br)c(F)c2N)nn1. The van der Waals surface area contributed by atoms with Crippen LogP contribution < -0.4 is 11.1 Å². The number of benzene rings is 1. The molecule has 0 radical (unpaired) electrons. The summed E-state index contributed by atoms with van der Waals surface area (Å²) in [6.45, 7) is 4.93.